The molecule has 1 N–H and O–H groups in total. The molecular formula is C19H20N2O3S. The maximum absolute atomic E-state index is 12.7. The van der Waals surface area contributed by atoms with Crippen molar-refractivity contribution in [1.29, 1.82) is 5.26 Å². The van der Waals surface area contributed by atoms with E-state index in [1.165, 1.54) is 16.2 Å². The Morgan fingerprint density at radius 3 is 2.56 bits per heavy atom. The smallest absolute Gasteiger partial charge is 0.256 e. The van der Waals surface area contributed by atoms with Gasteiger partial charge in [-0.15, -0.1) is 11.3 Å². The molecule has 0 bridgehead atoms. The van der Waals surface area contributed by atoms with E-state index in [9.17, 15) is 10.1 Å². The number of nitrogens with zero attached hydrogens (tertiary/aromatic N) is 1. The number of methoxy groups -OCH3 is 2. The van der Waals surface area contributed by atoms with Gasteiger partial charge < -0.3 is 14.8 Å². The fraction of sp³-hybridized carbons (Fsp3) is 0.368. The first kappa shape index (κ1) is 17.3. The molecule has 3 rings (SSSR count). The third kappa shape index (κ3) is 3.47. The SMILES string of the molecule is COc1cc(OC)cc(C(=O)Nc2sc3c(c2C#N)CC[C@@H](C)C3)c1. The van der Waals surface area contributed by atoms with Gasteiger partial charge in [-0.1, -0.05) is 6.92 Å². The molecule has 1 heterocycles. The van der Waals surface area contributed by atoms with Crippen LogP contribution in [0, 0.1) is 17.2 Å². The van der Waals surface area contributed by atoms with Crippen LogP contribution in [0.4, 0.5) is 5.00 Å². The zero-order valence-corrected chi connectivity index (χ0v) is 15.3. The number of ether oxygens (including phenoxy) is 2. The Bertz CT molecular complexity index is 829. The fourth-order valence-corrected chi connectivity index (χ4v) is 4.43. The van der Waals surface area contributed by atoms with Gasteiger partial charge in [0.15, 0.2) is 0 Å². The van der Waals surface area contributed by atoms with Crippen molar-refractivity contribution < 1.29 is 14.3 Å². The van der Waals surface area contributed by atoms with Crippen LogP contribution in [-0.2, 0) is 12.8 Å². The average molecular weight is 356 g/mol. The number of benzene rings is 1. The maximum Gasteiger partial charge on any atom is 0.256 e. The van der Waals surface area contributed by atoms with Crippen molar-refractivity contribution in [2.75, 3.05) is 19.5 Å². The van der Waals surface area contributed by atoms with Gasteiger partial charge in [-0.05, 0) is 42.9 Å². The van der Waals surface area contributed by atoms with Crippen LogP contribution in [0.3, 0.4) is 0 Å². The summed E-state index contributed by atoms with van der Waals surface area (Å²) < 4.78 is 10.4. The van der Waals surface area contributed by atoms with Gasteiger partial charge in [-0.3, -0.25) is 4.79 Å². The minimum atomic E-state index is -0.277. The highest BCUT2D eigenvalue weighted by Gasteiger charge is 2.25. The molecular weight excluding hydrogens is 336 g/mol. The van der Waals surface area contributed by atoms with E-state index in [4.69, 9.17) is 9.47 Å². The monoisotopic (exact) mass is 356 g/mol. The number of carbonyl (C=O) groups excluding carboxylic acids is 1. The second-order valence-corrected chi connectivity index (χ2v) is 7.33. The Labute approximate surface area is 151 Å². The van der Waals surface area contributed by atoms with E-state index in [0.29, 0.717) is 33.5 Å². The van der Waals surface area contributed by atoms with E-state index in [-0.39, 0.29) is 5.91 Å². The molecule has 0 saturated heterocycles. The molecule has 6 heteroatoms. The molecule has 0 fully saturated rings. The minimum absolute atomic E-state index is 0.277. The number of hydrogen-bond acceptors (Lipinski definition) is 5. The lowest BCUT2D eigenvalue weighted by atomic mass is 9.88. The Hall–Kier alpha value is -2.52. The largest absolute Gasteiger partial charge is 0.497 e. The summed E-state index contributed by atoms with van der Waals surface area (Å²) in [5.41, 5.74) is 2.14. The highest BCUT2D eigenvalue weighted by atomic mass is 32.1. The summed E-state index contributed by atoms with van der Waals surface area (Å²) in [4.78, 5) is 13.9. The zero-order valence-electron chi connectivity index (χ0n) is 14.5. The van der Waals surface area contributed by atoms with Crippen LogP contribution < -0.4 is 14.8 Å². The molecule has 1 aromatic heterocycles. The number of hydrogen-bond donors (Lipinski definition) is 1. The molecule has 5 nitrogen and oxygen atoms in total. The lowest BCUT2D eigenvalue weighted by Gasteiger charge is -2.17. The zero-order chi connectivity index (χ0) is 18.0. The van der Waals surface area contributed by atoms with E-state index in [1.54, 1.807) is 32.4 Å². The molecule has 1 aromatic carbocycles. The summed E-state index contributed by atoms with van der Waals surface area (Å²) in [6, 6.07) is 7.28. The van der Waals surface area contributed by atoms with E-state index in [1.807, 2.05) is 0 Å². The molecule has 130 valence electrons. The number of rotatable bonds is 4. The number of anilines is 1. The average Bonchev–Trinajstić information content (AvgIpc) is 2.96. The van der Waals surface area contributed by atoms with Crippen molar-refractivity contribution in [2.24, 2.45) is 5.92 Å². The van der Waals surface area contributed by atoms with Gasteiger partial charge in [0, 0.05) is 16.5 Å². The van der Waals surface area contributed by atoms with Gasteiger partial charge in [-0.25, -0.2) is 0 Å². The summed E-state index contributed by atoms with van der Waals surface area (Å²) in [6.45, 7) is 2.22. The number of nitriles is 1. The number of fused-ring (bicyclic) bond motifs is 1. The molecule has 1 atom stereocenters. The van der Waals surface area contributed by atoms with Crippen molar-refractivity contribution in [3.63, 3.8) is 0 Å². The molecule has 1 aliphatic carbocycles. The lowest BCUT2D eigenvalue weighted by Crippen LogP contribution is -2.12. The summed E-state index contributed by atoms with van der Waals surface area (Å²) in [7, 11) is 3.08. The van der Waals surface area contributed by atoms with Gasteiger partial charge in [0.1, 0.15) is 22.6 Å². The van der Waals surface area contributed by atoms with Crippen molar-refractivity contribution in [3.8, 4) is 17.6 Å². The van der Waals surface area contributed by atoms with Gasteiger partial charge in [-0.2, -0.15) is 5.26 Å². The van der Waals surface area contributed by atoms with Gasteiger partial charge in [0.25, 0.3) is 5.91 Å². The van der Waals surface area contributed by atoms with Crippen LogP contribution in [-0.4, -0.2) is 20.1 Å². The third-order valence-corrected chi connectivity index (χ3v) is 5.63. The van der Waals surface area contributed by atoms with Gasteiger partial charge >= 0.3 is 0 Å². The van der Waals surface area contributed by atoms with Crippen LogP contribution in [0.15, 0.2) is 18.2 Å². The second-order valence-electron chi connectivity index (χ2n) is 6.22. The van der Waals surface area contributed by atoms with E-state index in [0.717, 1.165) is 24.8 Å². The first-order valence-corrected chi connectivity index (χ1v) is 8.96. The molecule has 0 spiro atoms. The van der Waals surface area contributed by atoms with E-state index in [2.05, 4.69) is 18.3 Å². The first-order chi connectivity index (χ1) is 12.0. The maximum atomic E-state index is 12.7. The van der Waals surface area contributed by atoms with Crippen molar-refractivity contribution in [3.05, 3.63) is 39.8 Å². The quantitative estimate of drug-likeness (QED) is 0.898. The highest BCUT2D eigenvalue weighted by Crippen LogP contribution is 2.39. The van der Waals surface area contributed by atoms with Crippen LogP contribution in [0.2, 0.25) is 0 Å². The molecule has 25 heavy (non-hydrogen) atoms. The molecule has 1 aliphatic rings. The summed E-state index contributed by atoms with van der Waals surface area (Å²) in [5, 5.41) is 13.1. The number of carbonyl (C=O) groups is 1. The van der Waals surface area contributed by atoms with Crippen LogP contribution in [0.1, 0.15) is 39.7 Å². The number of thiophene rings is 1. The van der Waals surface area contributed by atoms with E-state index < -0.39 is 0 Å². The molecule has 1 amide bonds. The second kappa shape index (κ2) is 7.16. The fourth-order valence-electron chi connectivity index (χ4n) is 3.07. The predicted octanol–water partition coefficient (Wildman–Crippen LogP) is 4.01. The lowest BCUT2D eigenvalue weighted by molar-refractivity contribution is 0.102. The van der Waals surface area contributed by atoms with Crippen molar-refractivity contribution in [1.82, 2.24) is 0 Å². The van der Waals surface area contributed by atoms with E-state index >= 15 is 0 Å². The number of amides is 1. The van der Waals surface area contributed by atoms with Gasteiger partial charge in [0.2, 0.25) is 0 Å². The summed E-state index contributed by atoms with van der Waals surface area (Å²) >= 11 is 1.52. The Kier molecular flexibility index (Phi) is 4.95. The first-order valence-electron chi connectivity index (χ1n) is 8.14. The molecule has 0 aliphatic heterocycles. The Balaban J connectivity index is 1.90. The predicted molar refractivity (Wildman–Crippen MR) is 97.7 cm³/mol. The molecule has 2 aromatic rings. The molecule has 0 saturated carbocycles. The normalized spacial score (nSPS) is 15.8. The van der Waals surface area contributed by atoms with Crippen LogP contribution in [0.25, 0.3) is 0 Å². The van der Waals surface area contributed by atoms with Gasteiger partial charge in [0.05, 0.1) is 19.8 Å². The molecule has 0 radical (unpaired) electrons. The van der Waals surface area contributed by atoms with Crippen LogP contribution >= 0.6 is 11.3 Å². The minimum Gasteiger partial charge on any atom is -0.497 e. The Morgan fingerprint density at radius 2 is 1.96 bits per heavy atom. The highest BCUT2D eigenvalue weighted by molar-refractivity contribution is 7.16. The number of nitrogens with one attached hydrogen (secondary N) is 1. The summed E-state index contributed by atoms with van der Waals surface area (Å²) in [6.07, 6.45) is 2.95. The van der Waals surface area contributed by atoms with Crippen molar-refractivity contribution >= 4 is 22.2 Å². The van der Waals surface area contributed by atoms with Crippen molar-refractivity contribution in [2.45, 2.75) is 26.2 Å². The van der Waals surface area contributed by atoms with Crippen LogP contribution in [0.5, 0.6) is 11.5 Å². The standard InChI is InChI=1S/C19H20N2O3S/c1-11-4-5-15-16(10-20)19(25-17(15)6-11)21-18(22)12-7-13(23-2)9-14(8-12)24-3/h7-9,11H,4-6H2,1-3H3,(H,21,22)/t11-/m1/s1. The summed E-state index contributed by atoms with van der Waals surface area (Å²) in [5.74, 6) is 1.43. The topological polar surface area (TPSA) is 71.3 Å². The Morgan fingerprint density at radius 1 is 1.28 bits per heavy atom. The molecule has 0 unspecified atom stereocenters. The third-order valence-electron chi connectivity index (χ3n) is 4.46.